The monoisotopic (exact) mass is 239 g/mol. The van der Waals surface area contributed by atoms with Crippen molar-refractivity contribution in [3.05, 3.63) is 33.9 Å². The van der Waals surface area contributed by atoms with Crippen LogP contribution in [0.2, 0.25) is 0 Å². The quantitative estimate of drug-likeness (QED) is 0.467. The maximum absolute atomic E-state index is 10.6. The zero-order chi connectivity index (χ0) is 13.0. The van der Waals surface area contributed by atoms with Gasteiger partial charge < -0.3 is 14.9 Å². The molecule has 0 unspecified atom stereocenters. The van der Waals surface area contributed by atoms with E-state index in [2.05, 4.69) is 0 Å². The molecule has 0 spiro atoms. The number of phenols is 1. The Kier molecular flexibility index (Phi) is 3.66. The molecule has 17 heavy (non-hydrogen) atoms. The number of aromatic hydroxyl groups is 1. The summed E-state index contributed by atoms with van der Waals surface area (Å²) < 4.78 is 4.75. The van der Waals surface area contributed by atoms with E-state index in [4.69, 9.17) is 9.84 Å². The summed E-state index contributed by atoms with van der Waals surface area (Å²) in [6.45, 7) is 0. The Labute approximate surface area is 95.7 Å². The van der Waals surface area contributed by atoms with Gasteiger partial charge in [-0.05, 0) is 6.08 Å². The van der Waals surface area contributed by atoms with Gasteiger partial charge in [-0.25, -0.2) is 4.79 Å². The van der Waals surface area contributed by atoms with Gasteiger partial charge in [0.2, 0.25) is 0 Å². The molecule has 7 nitrogen and oxygen atoms in total. The van der Waals surface area contributed by atoms with Crippen LogP contribution in [-0.2, 0) is 4.79 Å². The van der Waals surface area contributed by atoms with Crippen LogP contribution in [0.4, 0.5) is 5.69 Å². The SMILES string of the molecule is COc1cc([N+](=O)[O-])cc(C=CC(=O)O)c1O. The summed E-state index contributed by atoms with van der Waals surface area (Å²) in [5.41, 5.74) is -0.303. The number of ether oxygens (including phenoxy) is 1. The van der Waals surface area contributed by atoms with Crippen molar-refractivity contribution < 1.29 is 24.7 Å². The lowest BCUT2D eigenvalue weighted by Gasteiger charge is -2.05. The van der Waals surface area contributed by atoms with Crippen molar-refractivity contribution in [2.24, 2.45) is 0 Å². The number of phenolic OH excluding ortho intramolecular Hbond substituents is 1. The first-order valence-corrected chi connectivity index (χ1v) is 4.42. The molecule has 0 aliphatic heterocycles. The minimum atomic E-state index is -1.23. The van der Waals surface area contributed by atoms with E-state index in [1.165, 1.54) is 7.11 Å². The highest BCUT2D eigenvalue weighted by molar-refractivity contribution is 5.86. The number of carboxylic acids is 1. The molecule has 0 bridgehead atoms. The average Bonchev–Trinajstić information content (AvgIpc) is 2.27. The molecule has 1 aromatic rings. The lowest BCUT2D eigenvalue weighted by molar-refractivity contribution is -0.385. The summed E-state index contributed by atoms with van der Waals surface area (Å²) in [6, 6.07) is 2.10. The third-order valence-corrected chi connectivity index (χ3v) is 1.93. The van der Waals surface area contributed by atoms with Gasteiger partial charge in [0.15, 0.2) is 11.5 Å². The first kappa shape index (κ1) is 12.5. The van der Waals surface area contributed by atoms with Gasteiger partial charge in [0.1, 0.15) is 0 Å². The van der Waals surface area contributed by atoms with Gasteiger partial charge in [-0.1, -0.05) is 0 Å². The highest BCUT2D eigenvalue weighted by Crippen LogP contribution is 2.35. The molecule has 0 radical (unpaired) electrons. The highest BCUT2D eigenvalue weighted by atomic mass is 16.6. The number of benzene rings is 1. The van der Waals surface area contributed by atoms with Crippen LogP contribution in [0.15, 0.2) is 18.2 Å². The average molecular weight is 239 g/mol. The Morgan fingerprint density at radius 3 is 2.65 bits per heavy atom. The van der Waals surface area contributed by atoms with Crippen molar-refractivity contribution in [3.63, 3.8) is 0 Å². The summed E-state index contributed by atoms with van der Waals surface area (Å²) in [5, 5.41) is 28.7. The van der Waals surface area contributed by atoms with Crippen molar-refractivity contribution in [2.75, 3.05) is 7.11 Å². The molecule has 0 aliphatic carbocycles. The van der Waals surface area contributed by atoms with E-state index in [1.54, 1.807) is 0 Å². The second-order valence-corrected chi connectivity index (χ2v) is 3.01. The van der Waals surface area contributed by atoms with Gasteiger partial charge in [0.25, 0.3) is 5.69 Å². The normalized spacial score (nSPS) is 10.4. The summed E-state index contributed by atoms with van der Waals surface area (Å²) in [5.74, 6) is -1.67. The second-order valence-electron chi connectivity index (χ2n) is 3.01. The van der Waals surface area contributed by atoms with Crippen LogP contribution < -0.4 is 4.74 Å². The lowest BCUT2D eigenvalue weighted by atomic mass is 10.1. The zero-order valence-electron chi connectivity index (χ0n) is 8.78. The van der Waals surface area contributed by atoms with E-state index < -0.39 is 10.9 Å². The summed E-state index contributed by atoms with van der Waals surface area (Å²) in [7, 11) is 1.24. The van der Waals surface area contributed by atoms with Crippen LogP contribution in [0.1, 0.15) is 5.56 Å². The molecule has 0 heterocycles. The van der Waals surface area contributed by atoms with E-state index in [1.807, 2.05) is 0 Å². The van der Waals surface area contributed by atoms with E-state index >= 15 is 0 Å². The van der Waals surface area contributed by atoms with Crippen molar-refractivity contribution in [1.82, 2.24) is 0 Å². The molecule has 90 valence electrons. The highest BCUT2D eigenvalue weighted by Gasteiger charge is 2.15. The maximum atomic E-state index is 10.6. The number of carbonyl (C=O) groups is 1. The minimum Gasteiger partial charge on any atom is -0.504 e. The Morgan fingerprint density at radius 1 is 1.53 bits per heavy atom. The van der Waals surface area contributed by atoms with Gasteiger partial charge >= 0.3 is 5.97 Å². The third-order valence-electron chi connectivity index (χ3n) is 1.93. The third kappa shape index (κ3) is 2.94. The Bertz CT molecular complexity index is 494. The predicted molar refractivity (Wildman–Crippen MR) is 58.0 cm³/mol. The molecule has 0 aliphatic rings. The van der Waals surface area contributed by atoms with Crippen LogP contribution in [0.25, 0.3) is 6.08 Å². The van der Waals surface area contributed by atoms with Gasteiger partial charge in [-0.15, -0.1) is 0 Å². The van der Waals surface area contributed by atoms with Crippen molar-refractivity contribution >= 4 is 17.7 Å². The second kappa shape index (κ2) is 4.97. The molecule has 0 atom stereocenters. The first-order chi connectivity index (χ1) is 7.95. The largest absolute Gasteiger partial charge is 0.504 e. The number of hydrogen-bond donors (Lipinski definition) is 2. The lowest BCUT2D eigenvalue weighted by Crippen LogP contribution is -1.93. The molecule has 0 saturated carbocycles. The number of aliphatic carboxylic acids is 1. The molecular formula is C10H9NO6. The molecule has 1 rings (SSSR count). The van der Waals surface area contributed by atoms with E-state index in [0.29, 0.717) is 0 Å². The van der Waals surface area contributed by atoms with E-state index in [9.17, 15) is 20.0 Å². The van der Waals surface area contributed by atoms with Crippen LogP contribution in [0, 0.1) is 10.1 Å². The topological polar surface area (TPSA) is 110 Å². The molecule has 0 amide bonds. The number of nitro benzene ring substituents is 1. The molecule has 1 aromatic carbocycles. The van der Waals surface area contributed by atoms with E-state index in [-0.39, 0.29) is 22.7 Å². The first-order valence-electron chi connectivity index (χ1n) is 4.42. The van der Waals surface area contributed by atoms with Gasteiger partial charge in [-0.2, -0.15) is 0 Å². The molecule has 0 fully saturated rings. The number of nitro groups is 1. The smallest absolute Gasteiger partial charge is 0.328 e. The fraction of sp³-hybridized carbons (Fsp3) is 0.100. The van der Waals surface area contributed by atoms with Crippen LogP contribution in [0.5, 0.6) is 11.5 Å². The number of hydrogen-bond acceptors (Lipinski definition) is 5. The van der Waals surface area contributed by atoms with Crippen molar-refractivity contribution in [1.29, 1.82) is 0 Å². The van der Waals surface area contributed by atoms with E-state index in [0.717, 1.165) is 24.3 Å². The Morgan fingerprint density at radius 2 is 2.18 bits per heavy atom. The number of non-ortho nitro benzene ring substituents is 1. The molecule has 0 saturated heterocycles. The number of carboxylic acid groups (broad SMARTS) is 1. The molecular weight excluding hydrogens is 230 g/mol. The number of methoxy groups -OCH3 is 1. The summed E-state index contributed by atoms with van der Waals surface area (Å²) >= 11 is 0. The predicted octanol–water partition coefficient (Wildman–Crippen LogP) is 1.41. The fourth-order valence-electron chi connectivity index (χ4n) is 1.16. The van der Waals surface area contributed by atoms with Gasteiger partial charge in [0.05, 0.1) is 18.1 Å². The number of nitrogens with zero attached hydrogens (tertiary/aromatic N) is 1. The van der Waals surface area contributed by atoms with Gasteiger partial charge in [0, 0.05) is 17.7 Å². The number of rotatable bonds is 4. The molecule has 2 N–H and O–H groups in total. The fourth-order valence-corrected chi connectivity index (χ4v) is 1.16. The molecule has 7 heteroatoms. The summed E-state index contributed by atoms with van der Waals surface area (Å²) in [4.78, 5) is 20.3. The Balaban J connectivity index is 3.32. The van der Waals surface area contributed by atoms with Crippen LogP contribution >= 0.6 is 0 Å². The summed E-state index contributed by atoms with van der Waals surface area (Å²) in [6.07, 6.45) is 1.81. The maximum Gasteiger partial charge on any atom is 0.328 e. The Hall–Kier alpha value is -2.57. The van der Waals surface area contributed by atoms with Crippen LogP contribution in [0.3, 0.4) is 0 Å². The standard InChI is InChI=1S/C10H9NO6/c1-17-8-5-7(11(15)16)4-6(10(8)14)2-3-9(12)13/h2-5,14H,1H3,(H,12,13). The van der Waals surface area contributed by atoms with Crippen LogP contribution in [-0.4, -0.2) is 28.2 Å². The van der Waals surface area contributed by atoms with Crippen molar-refractivity contribution in [3.8, 4) is 11.5 Å². The van der Waals surface area contributed by atoms with Gasteiger partial charge in [-0.3, -0.25) is 10.1 Å². The van der Waals surface area contributed by atoms with Crippen molar-refractivity contribution in [2.45, 2.75) is 0 Å². The molecule has 0 aromatic heterocycles. The minimum absolute atomic E-state index is 0.00144. The zero-order valence-corrected chi connectivity index (χ0v) is 8.78.